The van der Waals surface area contributed by atoms with Gasteiger partial charge in [0.15, 0.2) is 0 Å². The third-order valence-electron chi connectivity index (χ3n) is 2.98. The van der Waals surface area contributed by atoms with Crippen molar-refractivity contribution in [2.75, 3.05) is 5.73 Å². The van der Waals surface area contributed by atoms with Crippen LogP contribution in [-0.2, 0) is 11.2 Å². The Morgan fingerprint density at radius 2 is 1.76 bits per heavy atom. The van der Waals surface area contributed by atoms with Crippen molar-refractivity contribution in [2.24, 2.45) is 0 Å². The lowest BCUT2D eigenvalue weighted by atomic mass is 10.0. The van der Waals surface area contributed by atoms with E-state index >= 15 is 0 Å². The first-order chi connectivity index (χ1) is 8.22. The average molecular weight is 233 g/mol. The maximum absolute atomic E-state index is 11.6. The number of rotatable bonds is 8. The summed E-state index contributed by atoms with van der Waals surface area (Å²) in [5.74, 6) is 0.387. The van der Waals surface area contributed by atoms with Gasteiger partial charge in [0.05, 0.1) is 0 Å². The largest absolute Gasteiger partial charge is 0.399 e. The molecule has 0 fully saturated rings. The van der Waals surface area contributed by atoms with Gasteiger partial charge in [-0.3, -0.25) is 4.79 Å². The van der Waals surface area contributed by atoms with Gasteiger partial charge in [-0.25, -0.2) is 0 Å². The number of benzene rings is 1. The van der Waals surface area contributed by atoms with Crippen LogP contribution in [0.5, 0.6) is 0 Å². The molecular formula is C15H23NO. The number of hydrogen-bond acceptors (Lipinski definition) is 2. The lowest BCUT2D eigenvalue weighted by Crippen LogP contribution is -2.00. The minimum atomic E-state index is 0.387. The molecule has 0 saturated carbocycles. The number of anilines is 1. The van der Waals surface area contributed by atoms with Crippen molar-refractivity contribution in [1.82, 2.24) is 0 Å². The van der Waals surface area contributed by atoms with Crippen molar-refractivity contribution in [2.45, 2.75) is 51.9 Å². The number of carbonyl (C=O) groups excluding carboxylic acids is 1. The maximum Gasteiger partial charge on any atom is 0.133 e. The Bertz CT molecular complexity index is 329. The molecule has 0 heterocycles. The molecule has 0 radical (unpaired) electrons. The van der Waals surface area contributed by atoms with Crippen LogP contribution in [0.1, 0.15) is 51.0 Å². The molecule has 1 aromatic carbocycles. The minimum Gasteiger partial charge on any atom is -0.399 e. The molecule has 2 N–H and O–H groups in total. The predicted octanol–water partition coefficient (Wildman–Crippen LogP) is 3.74. The Kier molecular flexibility index (Phi) is 6.38. The monoisotopic (exact) mass is 233 g/mol. The molecule has 0 atom stereocenters. The lowest BCUT2D eigenvalue weighted by molar-refractivity contribution is -0.119. The maximum atomic E-state index is 11.6. The summed E-state index contributed by atoms with van der Waals surface area (Å²) in [5.41, 5.74) is 7.58. The molecule has 0 amide bonds. The van der Waals surface area contributed by atoms with Gasteiger partial charge < -0.3 is 5.73 Å². The molecule has 0 aliphatic heterocycles. The fraction of sp³-hybridized carbons (Fsp3) is 0.533. The third-order valence-corrected chi connectivity index (χ3v) is 2.98. The predicted molar refractivity (Wildman–Crippen MR) is 72.9 cm³/mol. The Labute approximate surface area is 104 Å². The van der Waals surface area contributed by atoms with Crippen molar-refractivity contribution in [1.29, 1.82) is 0 Å². The molecule has 17 heavy (non-hydrogen) atoms. The zero-order chi connectivity index (χ0) is 12.5. The highest BCUT2D eigenvalue weighted by atomic mass is 16.1. The molecule has 0 aromatic heterocycles. The number of hydrogen-bond donors (Lipinski definition) is 1. The normalized spacial score (nSPS) is 10.4. The van der Waals surface area contributed by atoms with Gasteiger partial charge in [0.2, 0.25) is 0 Å². The number of unbranched alkanes of at least 4 members (excludes halogenated alkanes) is 3. The number of Topliss-reactive ketones (excluding diaryl/α,β-unsaturated/α-hetero) is 1. The standard InChI is InChI=1S/C15H23NO/c1-2-3-4-5-6-15(17)12-9-13-7-10-14(16)11-8-13/h7-8,10-11H,2-6,9,12,16H2,1H3. The van der Waals surface area contributed by atoms with Crippen LogP contribution >= 0.6 is 0 Å². The number of carbonyl (C=O) groups is 1. The third kappa shape index (κ3) is 6.10. The summed E-state index contributed by atoms with van der Waals surface area (Å²) in [7, 11) is 0. The zero-order valence-electron chi connectivity index (χ0n) is 10.7. The van der Waals surface area contributed by atoms with Crippen molar-refractivity contribution in [3.05, 3.63) is 29.8 Å². The topological polar surface area (TPSA) is 43.1 Å². The van der Waals surface area contributed by atoms with Gasteiger partial charge in [-0.05, 0) is 30.5 Å². The summed E-state index contributed by atoms with van der Waals surface area (Å²) >= 11 is 0. The van der Waals surface area contributed by atoms with Crippen LogP contribution in [0.4, 0.5) is 5.69 Å². The second-order valence-electron chi connectivity index (χ2n) is 4.59. The van der Waals surface area contributed by atoms with Crippen LogP contribution in [0.2, 0.25) is 0 Å². The van der Waals surface area contributed by atoms with Gasteiger partial charge >= 0.3 is 0 Å². The van der Waals surface area contributed by atoms with E-state index < -0.39 is 0 Å². The highest BCUT2D eigenvalue weighted by Gasteiger charge is 2.02. The zero-order valence-corrected chi connectivity index (χ0v) is 10.7. The summed E-state index contributed by atoms with van der Waals surface area (Å²) in [6, 6.07) is 7.78. The van der Waals surface area contributed by atoms with Gasteiger partial charge in [0.1, 0.15) is 5.78 Å². The van der Waals surface area contributed by atoms with Crippen LogP contribution in [0.25, 0.3) is 0 Å². The molecule has 0 spiro atoms. The number of aryl methyl sites for hydroxylation is 1. The molecule has 0 aliphatic carbocycles. The Balaban J connectivity index is 2.17. The fourth-order valence-electron chi connectivity index (χ4n) is 1.84. The number of nitrogen functional groups attached to an aromatic ring is 1. The molecule has 0 aliphatic rings. The summed E-state index contributed by atoms with van der Waals surface area (Å²) in [6.45, 7) is 2.18. The smallest absolute Gasteiger partial charge is 0.133 e. The first-order valence-corrected chi connectivity index (χ1v) is 6.58. The van der Waals surface area contributed by atoms with Gasteiger partial charge in [0.25, 0.3) is 0 Å². The van der Waals surface area contributed by atoms with Crippen molar-refractivity contribution in [3.8, 4) is 0 Å². The van der Waals surface area contributed by atoms with Crippen LogP contribution in [0.3, 0.4) is 0 Å². The molecule has 0 unspecified atom stereocenters. The van der Waals surface area contributed by atoms with Crippen molar-refractivity contribution >= 4 is 11.5 Å². The summed E-state index contributed by atoms with van der Waals surface area (Å²) < 4.78 is 0. The lowest BCUT2D eigenvalue weighted by Gasteiger charge is -2.02. The van der Waals surface area contributed by atoms with Gasteiger partial charge in [0, 0.05) is 18.5 Å². The summed E-state index contributed by atoms with van der Waals surface area (Å²) in [6.07, 6.45) is 6.95. The molecule has 2 heteroatoms. The molecule has 0 bridgehead atoms. The fourth-order valence-corrected chi connectivity index (χ4v) is 1.84. The van der Waals surface area contributed by atoms with E-state index in [2.05, 4.69) is 6.92 Å². The van der Waals surface area contributed by atoms with E-state index in [0.717, 1.165) is 24.9 Å². The summed E-state index contributed by atoms with van der Waals surface area (Å²) in [4.78, 5) is 11.6. The van der Waals surface area contributed by atoms with Crippen molar-refractivity contribution < 1.29 is 4.79 Å². The summed E-state index contributed by atoms with van der Waals surface area (Å²) in [5, 5.41) is 0. The molecule has 0 saturated heterocycles. The molecule has 1 rings (SSSR count). The van der Waals surface area contributed by atoms with Gasteiger partial charge in [-0.2, -0.15) is 0 Å². The first-order valence-electron chi connectivity index (χ1n) is 6.58. The van der Waals surface area contributed by atoms with E-state index in [1.54, 1.807) is 0 Å². The minimum absolute atomic E-state index is 0.387. The van der Waals surface area contributed by atoms with E-state index in [4.69, 9.17) is 5.73 Å². The van der Waals surface area contributed by atoms with Crippen LogP contribution < -0.4 is 5.73 Å². The Morgan fingerprint density at radius 1 is 1.06 bits per heavy atom. The van der Waals surface area contributed by atoms with E-state index in [1.807, 2.05) is 24.3 Å². The molecule has 2 nitrogen and oxygen atoms in total. The number of nitrogens with two attached hydrogens (primary N) is 1. The van der Waals surface area contributed by atoms with Crippen LogP contribution in [-0.4, -0.2) is 5.78 Å². The Hall–Kier alpha value is -1.31. The van der Waals surface area contributed by atoms with Gasteiger partial charge in [-0.1, -0.05) is 38.3 Å². The van der Waals surface area contributed by atoms with E-state index in [0.29, 0.717) is 12.2 Å². The molecular weight excluding hydrogens is 210 g/mol. The number of ketones is 1. The highest BCUT2D eigenvalue weighted by molar-refractivity contribution is 5.78. The highest BCUT2D eigenvalue weighted by Crippen LogP contribution is 2.10. The van der Waals surface area contributed by atoms with E-state index in [9.17, 15) is 4.79 Å². The van der Waals surface area contributed by atoms with Crippen LogP contribution in [0.15, 0.2) is 24.3 Å². The van der Waals surface area contributed by atoms with Crippen molar-refractivity contribution in [3.63, 3.8) is 0 Å². The second kappa shape index (κ2) is 7.88. The first kappa shape index (κ1) is 13.8. The van der Waals surface area contributed by atoms with E-state index in [-0.39, 0.29) is 0 Å². The molecule has 94 valence electrons. The molecule has 1 aromatic rings. The Morgan fingerprint density at radius 3 is 2.41 bits per heavy atom. The SMILES string of the molecule is CCCCCCC(=O)CCc1ccc(N)cc1. The quantitative estimate of drug-likeness (QED) is 0.549. The average Bonchev–Trinajstić information content (AvgIpc) is 2.34. The van der Waals surface area contributed by atoms with Gasteiger partial charge in [-0.15, -0.1) is 0 Å². The van der Waals surface area contributed by atoms with E-state index in [1.165, 1.54) is 24.8 Å². The second-order valence-corrected chi connectivity index (χ2v) is 4.59. The van der Waals surface area contributed by atoms with Crippen LogP contribution in [0, 0.1) is 0 Å².